The quantitative estimate of drug-likeness (QED) is 0.423. The summed E-state index contributed by atoms with van der Waals surface area (Å²) in [6.07, 6.45) is 9.00. The molecule has 1 rings (SSSR count). The molecule has 1 amide bonds. The van der Waals surface area contributed by atoms with Crippen molar-refractivity contribution in [2.24, 2.45) is 5.92 Å². The number of nitrogens with one attached hydrogen (secondary N) is 1. The molecule has 1 fully saturated rings. The van der Waals surface area contributed by atoms with Gasteiger partial charge in [0.25, 0.3) is 0 Å². The third-order valence-electron chi connectivity index (χ3n) is 2.49. The number of allylic oxidation sites excluding steroid dienone is 1. The van der Waals surface area contributed by atoms with E-state index in [2.05, 4.69) is 11.0 Å². The van der Waals surface area contributed by atoms with Gasteiger partial charge in [0.2, 0.25) is 12.3 Å². The molecule has 0 unspecified atom stereocenters. The third kappa shape index (κ3) is 3.67. The number of hydrogen-bond acceptors (Lipinski definition) is 2. The van der Waals surface area contributed by atoms with E-state index in [-0.39, 0.29) is 0 Å². The Bertz CT molecular complexity index is 236. The third-order valence-corrected chi connectivity index (χ3v) is 2.49. The van der Waals surface area contributed by atoms with Crippen LogP contribution in [0.25, 0.3) is 0 Å². The number of rotatable bonds is 4. The van der Waals surface area contributed by atoms with Gasteiger partial charge in [0.1, 0.15) is 0 Å². The van der Waals surface area contributed by atoms with Crippen LogP contribution in [0.15, 0.2) is 17.7 Å². The molecule has 1 N–H and O–H groups in total. The summed E-state index contributed by atoms with van der Waals surface area (Å²) in [6, 6.07) is 0. The van der Waals surface area contributed by atoms with Crippen molar-refractivity contribution in [3.63, 3.8) is 0 Å². The summed E-state index contributed by atoms with van der Waals surface area (Å²) in [6.45, 7) is 0. The van der Waals surface area contributed by atoms with E-state index in [0.29, 0.717) is 18.2 Å². The summed E-state index contributed by atoms with van der Waals surface area (Å²) in [5, 5.41) is 2.44. The molecule has 1 saturated carbocycles. The van der Waals surface area contributed by atoms with Crippen LogP contribution < -0.4 is 5.32 Å². The molecule has 0 aromatic rings. The van der Waals surface area contributed by atoms with Gasteiger partial charge in [-0.2, -0.15) is 0 Å². The van der Waals surface area contributed by atoms with E-state index >= 15 is 0 Å². The van der Waals surface area contributed by atoms with E-state index in [9.17, 15) is 4.79 Å². The average molecular weight is 195 g/mol. The Morgan fingerprint density at radius 3 is 2.71 bits per heavy atom. The van der Waals surface area contributed by atoms with E-state index < -0.39 is 0 Å². The Kier molecular flexibility index (Phi) is 4.87. The fraction of sp³-hybridized carbons (Fsp3) is 0.636. The van der Waals surface area contributed by atoms with Crippen LogP contribution in [-0.4, -0.2) is 13.5 Å². The normalized spacial score (nSPS) is 16.6. The molecule has 3 nitrogen and oxygen atoms in total. The fourth-order valence-electron chi connectivity index (χ4n) is 1.71. The number of methoxy groups -OCH3 is 1. The van der Waals surface area contributed by atoms with Gasteiger partial charge in [-0.25, -0.2) is 0 Å². The fourth-order valence-corrected chi connectivity index (χ4v) is 1.71. The van der Waals surface area contributed by atoms with Crippen LogP contribution in [-0.2, 0) is 9.53 Å². The maximum Gasteiger partial charge on any atom is 0.239 e. The first-order valence-corrected chi connectivity index (χ1v) is 5.08. The van der Waals surface area contributed by atoms with Crippen molar-refractivity contribution in [1.82, 2.24) is 5.32 Å². The summed E-state index contributed by atoms with van der Waals surface area (Å²) in [7, 11) is 1.52. The maximum atomic E-state index is 10.2. The standard InChI is InChI=1S/C11H17NO2/c1-14-11(12-9-13)8-7-10-5-3-2-4-6-10/h7,9-10H,2-6H2,1H3,(H,12,13). The first kappa shape index (κ1) is 10.9. The lowest BCUT2D eigenvalue weighted by Gasteiger charge is -2.16. The number of hydrogen-bond donors (Lipinski definition) is 1. The summed E-state index contributed by atoms with van der Waals surface area (Å²) >= 11 is 0. The molecule has 0 aliphatic heterocycles. The van der Waals surface area contributed by atoms with Crippen LogP contribution in [0.4, 0.5) is 0 Å². The smallest absolute Gasteiger partial charge is 0.239 e. The summed E-state index contributed by atoms with van der Waals surface area (Å²) < 4.78 is 4.91. The lowest BCUT2D eigenvalue weighted by molar-refractivity contribution is -0.109. The summed E-state index contributed by atoms with van der Waals surface area (Å²) in [4.78, 5) is 10.2. The van der Waals surface area contributed by atoms with E-state index in [1.807, 2.05) is 6.08 Å². The Balaban J connectivity index is 2.51. The van der Waals surface area contributed by atoms with Crippen molar-refractivity contribution < 1.29 is 9.53 Å². The highest BCUT2D eigenvalue weighted by Crippen LogP contribution is 2.24. The number of carbonyl (C=O) groups excluding carboxylic acids is 1. The van der Waals surface area contributed by atoms with Gasteiger partial charge in [0, 0.05) is 0 Å². The lowest BCUT2D eigenvalue weighted by atomic mass is 9.89. The van der Waals surface area contributed by atoms with E-state index in [1.54, 1.807) is 0 Å². The minimum Gasteiger partial charge on any atom is -0.476 e. The molecule has 0 radical (unpaired) electrons. The monoisotopic (exact) mass is 195 g/mol. The van der Waals surface area contributed by atoms with Crippen LogP contribution in [0, 0.1) is 5.92 Å². The maximum absolute atomic E-state index is 10.2. The highest BCUT2D eigenvalue weighted by atomic mass is 16.5. The van der Waals surface area contributed by atoms with Crippen LogP contribution >= 0.6 is 0 Å². The minimum absolute atomic E-state index is 0.394. The average Bonchev–Trinajstić information content (AvgIpc) is 2.25. The second kappa shape index (κ2) is 6.28. The lowest BCUT2D eigenvalue weighted by Crippen LogP contribution is -2.11. The highest BCUT2D eigenvalue weighted by molar-refractivity contribution is 5.48. The first-order chi connectivity index (χ1) is 6.86. The molecule has 78 valence electrons. The van der Waals surface area contributed by atoms with Gasteiger partial charge >= 0.3 is 0 Å². The molecule has 0 atom stereocenters. The molecule has 0 saturated heterocycles. The zero-order chi connectivity index (χ0) is 10.2. The molecule has 14 heavy (non-hydrogen) atoms. The second-order valence-electron chi connectivity index (χ2n) is 3.50. The van der Waals surface area contributed by atoms with Crippen molar-refractivity contribution >= 4 is 6.41 Å². The Hall–Kier alpha value is -1.21. The predicted molar refractivity (Wildman–Crippen MR) is 54.4 cm³/mol. The molecule has 0 spiro atoms. The molecule has 3 heteroatoms. The van der Waals surface area contributed by atoms with Crippen LogP contribution in [0.1, 0.15) is 32.1 Å². The Morgan fingerprint density at radius 1 is 1.43 bits per heavy atom. The number of ether oxygens (including phenoxy) is 1. The topological polar surface area (TPSA) is 38.3 Å². The summed E-state index contributed by atoms with van der Waals surface area (Å²) in [5.74, 6) is 0.993. The highest BCUT2D eigenvalue weighted by Gasteiger charge is 2.09. The zero-order valence-corrected chi connectivity index (χ0v) is 8.58. The summed E-state index contributed by atoms with van der Waals surface area (Å²) in [5.41, 5.74) is 2.97. The molecule has 1 aliphatic rings. The van der Waals surface area contributed by atoms with Crippen molar-refractivity contribution in [3.8, 4) is 0 Å². The van der Waals surface area contributed by atoms with Gasteiger partial charge in [-0.15, -0.1) is 0 Å². The van der Waals surface area contributed by atoms with Gasteiger partial charge in [-0.05, 0) is 24.8 Å². The van der Waals surface area contributed by atoms with Crippen molar-refractivity contribution in [3.05, 3.63) is 17.7 Å². The molecule has 0 aromatic carbocycles. The SMILES string of the molecule is COC(=C=CC1CCCCC1)NC=O. The van der Waals surface area contributed by atoms with Crippen molar-refractivity contribution in [2.45, 2.75) is 32.1 Å². The zero-order valence-electron chi connectivity index (χ0n) is 8.58. The van der Waals surface area contributed by atoms with Gasteiger partial charge < -0.3 is 4.74 Å². The van der Waals surface area contributed by atoms with E-state index in [0.717, 1.165) is 0 Å². The van der Waals surface area contributed by atoms with E-state index in [4.69, 9.17) is 4.74 Å². The molecule has 1 aliphatic carbocycles. The van der Waals surface area contributed by atoms with Gasteiger partial charge in [0.15, 0.2) is 0 Å². The Labute approximate surface area is 84.8 Å². The molecule has 0 bridgehead atoms. The predicted octanol–water partition coefficient (Wildman–Crippen LogP) is 1.96. The molecule has 0 heterocycles. The van der Waals surface area contributed by atoms with Crippen LogP contribution in [0.5, 0.6) is 0 Å². The van der Waals surface area contributed by atoms with Gasteiger partial charge in [0.05, 0.1) is 7.11 Å². The largest absolute Gasteiger partial charge is 0.476 e. The Morgan fingerprint density at radius 2 is 2.14 bits per heavy atom. The second-order valence-corrected chi connectivity index (χ2v) is 3.50. The number of carbonyl (C=O) groups is 1. The van der Waals surface area contributed by atoms with E-state index in [1.165, 1.54) is 39.2 Å². The minimum atomic E-state index is 0.394. The van der Waals surface area contributed by atoms with Gasteiger partial charge in [-0.1, -0.05) is 25.0 Å². The molecule has 0 aromatic heterocycles. The van der Waals surface area contributed by atoms with Crippen LogP contribution in [0.2, 0.25) is 0 Å². The molecular formula is C11H17NO2. The van der Waals surface area contributed by atoms with Crippen molar-refractivity contribution in [1.29, 1.82) is 0 Å². The number of amides is 1. The first-order valence-electron chi connectivity index (χ1n) is 5.08. The molecular weight excluding hydrogens is 178 g/mol. The van der Waals surface area contributed by atoms with Crippen molar-refractivity contribution in [2.75, 3.05) is 7.11 Å². The van der Waals surface area contributed by atoms with Crippen LogP contribution in [0.3, 0.4) is 0 Å². The van der Waals surface area contributed by atoms with Gasteiger partial charge in [-0.3, -0.25) is 10.1 Å².